The van der Waals surface area contributed by atoms with Crippen molar-refractivity contribution in [2.24, 2.45) is 5.92 Å². The summed E-state index contributed by atoms with van der Waals surface area (Å²) in [5.41, 5.74) is 2.23. The van der Waals surface area contributed by atoms with Gasteiger partial charge in [-0.2, -0.15) is 0 Å². The van der Waals surface area contributed by atoms with Gasteiger partial charge in [0, 0.05) is 23.5 Å². The Labute approximate surface area is 82.9 Å². The van der Waals surface area contributed by atoms with Crippen molar-refractivity contribution >= 4 is 11.6 Å². The van der Waals surface area contributed by atoms with E-state index in [4.69, 9.17) is 0 Å². The molecule has 1 aliphatic rings. The van der Waals surface area contributed by atoms with E-state index in [0.717, 1.165) is 5.56 Å². The second-order valence-corrected chi connectivity index (χ2v) is 3.94. The summed E-state index contributed by atoms with van der Waals surface area (Å²) in [4.78, 5) is 23.4. The van der Waals surface area contributed by atoms with E-state index >= 15 is 0 Å². The second-order valence-electron chi connectivity index (χ2n) is 3.94. The fourth-order valence-corrected chi connectivity index (χ4v) is 1.85. The van der Waals surface area contributed by atoms with Crippen LogP contribution in [0.15, 0.2) is 18.2 Å². The molecule has 1 atom stereocenters. The number of rotatable bonds is 0. The summed E-state index contributed by atoms with van der Waals surface area (Å²) in [5.74, 6) is 0.0344. The summed E-state index contributed by atoms with van der Waals surface area (Å²) < 4.78 is 0. The molecular formula is C12H12O2. The molecule has 0 N–H and O–H groups in total. The van der Waals surface area contributed by atoms with Crippen molar-refractivity contribution in [3.05, 3.63) is 34.9 Å². The number of benzene rings is 1. The van der Waals surface area contributed by atoms with Gasteiger partial charge in [-0.1, -0.05) is 24.6 Å². The third-order valence-electron chi connectivity index (χ3n) is 2.68. The molecular weight excluding hydrogens is 176 g/mol. The summed E-state index contributed by atoms with van der Waals surface area (Å²) in [6.45, 7) is 3.74. The van der Waals surface area contributed by atoms with Crippen LogP contribution in [0.4, 0.5) is 0 Å². The molecule has 2 nitrogen and oxygen atoms in total. The van der Waals surface area contributed by atoms with Crippen molar-refractivity contribution < 1.29 is 9.59 Å². The molecule has 0 spiro atoms. The van der Waals surface area contributed by atoms with Gasteiger partial charge in [0.2, 0.25) is 0 Å². The van der Waals surface area contributed by atoms with Gasteiger partial charge in [0.1, 0.15) is 0 Å². The lowest BCUT2D eigenvalue weighted by Gasteiger charge is -2.19. The lowest BCUT2D eigenvalue weighted by molar-refractivity contribution is 0.0834. The molecule has 0 saturated heterocycles. The SMILES string of the molecule is Cc1ccc2c(c1)C(=O)C(C)CC2=O. The molecule has 2 heteroatoms. The minimum atomic E-state index is -0.156. The van der Waals surface area contributed by atoms with Crippen LogP contribution in [0.3, 0.4) is 0 Å². The number of carbonyl (C=O) groups is 2. The Kier molecular flexibility index (Phi) is 1.99. The van der Waals surface area contributed by atoms with Crippen molar-refractivity contribution in [3.63, 3.8) is 0 Å². The molecule has 1 aliphatic carbocycles. The first-order chi connectivity index (χ1) is 6.59. The highest BCUT2D eigenvalue weighted by Gasteiger charge is 2.29. The molecule has 0 aromatic heterocycles. The molecule has 1 aromatic carbocycles. The van der Waals surface area contributed by atoms with Crippen LogP contribution in [0, 0.1) is 12.8 Å². The fourth-order valence-electron chi connectivity index (χ4n) is 1.85. The van der Waals surface area contributed by atoms with E-state index in [9.17, 15) is 9.59 Å². The van der Waals surface area contributed by atoms with Crippen LogP contribution in [0.1, 0.15) is 39.6 Å². The Morgan fingerprint density at radius 3 is 2.64 bits per heavy atom. The van der Waals surface area contributed by atoms with Crippen molar-refractivity contribution in [3.8, 4) is 0 Å². The molecule has 1 aromatic rings. The minimum absolute atomic E-state index is 0.0899. The van der Waals surface area contributed by atoms with Crippen LogP contribution >= 0.6 is 0 Å². The summed E-state index contributed by atoms with van der Waals surface area (Å²) >= 11 is 0. The second kappa shape index (κ2) is 3.05. The number of hydrogen-bond donors (Lipinski definition) is 0. The Morgan fingerprint density at radius 1 is 1.21 bits per heavy atom. The molecule has 0 bridgehead atoms. The zero-order valence-corrected chi connectivity index (χ0v) is 8.33. The lowest BCUT2D eigenvalue weighted by Crippen LogP contribution is -2.24. The molecule has 2 rings (SSSR count). The molecule has 0 amide bonds. The summed E-state index contributed by atoms with van der Waals surface area (Å²) in [7, 11) is 0. The maximum absolute atomic E-state index is 11.8. The van der Waals surface area contributed by atoms with Gasteiger partial charge in [-0.05, 0) is 13.0 Å². The summed E-state index contributed by atoms with van der Waals surface area (Å²) in [6.07, 6.45) is 0.356. The predicted octanol–water partition coefficient (Wildman–Crippen LogP) is 2.40. The first-order valence-corrected chi connectivity index (χ1v) is 4.77. The van der Waals surface area contributed by atoms with E-state index < -0.39 is 0 Å². The maximum atomic E-state index is 11.8. The van der Waals surface area contributed by atoms with E-state index in [0.29, 0.717) is 17.5 Å². The van der Waals surface area contributed by atoms with Gasteiger partial charge in [-0.3, -0.25) is 9.59 Å². The topological polar surface area (TPSA) is 34.1 Å². The Balaban J connectivity index is 2.62. The van der Waals surface area contributed by atoms with Gasteiger partial charge in [-0.15, -0.1) is 0 Å². The standard InChI is InChI=1S/C12H12O2/c1-7-3-4-9-10(5-7)12(14)8(2)6-11(9)13/h3-5,8H,6H2,1-2H3. The van der Waals surface area contributed by atoms with Crippen LogP contribution in [0.25, 0.3) is 0 Å². The number of aryl methyl sites for hydroxylation is 1. The van der Waals surface area contributed by atoms with Gasteiger partial charge in [-0.25, -0.2) is 0 Å². The molecule has 0 radical (unpaired) electrons. The van der Waals surface area contributed by atoms with Gasteiger partial charge in [0.15, 0.2) is 11.6 Å². The van der Waals surface area contributed by atoms with E-state index in [2.05, 4.69) is 0 Å². The molecule has 0 aliphatic heterocycles. The zero-order valence-electron chi connectivity index (χ0n) is 8.33. The normalized spacial score (nSPS) is 20.9. The molecule has 14 heavy (non-hydrogen) atoms. The van der Waals surface area contributed by atoms with Crippen molar-refractivity contribution in [2.45, 2.75) is 20.3 Å². The molecule has 0 heterocycles. The summed E-state index contributed by atoms with van der Waals surface area (Å²) in [6, 6.07) is 5.45. The predicted molar refractivity (Wildman–Crippen MR) is 53.6 cm³/mol. The first kappa shape index (κ1) is 9.13. The first-order valence-electron chi connectivity index (χ1n) is 4.77. The van der Waals surface area contributed by atoms with Gasteiger partial charge >= 0.3 is 0 Å². The van der Waals surface area contributed by atoms with Crippen molar-refractivity contribution in [1.29, 1.82) is 0 Å². The third-order valence-corrected chi connectivity index (χ3v) is 2.68. The van der Waals surface area contributed by atoms with Gasteiger partial charge in [0.25, 0.3) is 0 Å². The third kappa shape index (κ3) is 1.27. The smallest absolute Gasteiger partial charge is 0.166 e. The fraction of sp³-hybridized carbons (Fsp3) is 0.333. The molecule has 1 unspecified atom stereocenters. The zero-order chi connectivity index (χ0) is 10.3. The Morgan fingerprint density at radius 2 is 1.93 bits per heavy atom. The Bertz CT molecular complexity index is 418. The van der Waals surface area contributed by atoms with Crippen LogP contribution < -0.4 is 0 Å². The average Bonchev–Trinajstić information content (AvgIpc) is 2.14. The average molecular weight is 188 g/mol. The molecule has 0 saturated carbocycles. The van der Waals surface area contributed by atoms with Crippen LogP contribution in [-0.2, 0) is 0 Å². The van der Waals surface area contributed by atoms with Crippen LogP contribution in [0.2, 0.25) is 0 Å². The number of ketones is 2. The molecule has 72 valence electrons. The lowest BCUT2D eigenvalue weighted by atomic mass is 9.82. The highest BCUT2D eigenvalue weighted by atomic mass is 16.1. The summed E-state index contributed by atoms with van der Waals surface area (Å²) in [5, 5.41) is 0. The van der Waals surface area contributed by atoms with Crippen LogP contribution in [-0.4, -0.2) is 11.6 Å². The van der Waals surface area contributed by atoms with Crippen molar-refractivity contribution in [2.75, 3.05) is 0 Å². The number of Topliss-reactive ketones (excluding diaryl/α,β-unsaturated/α-hetero) is 2. The van der Waals surface area contributed by atoms with Gasteiger partial charge in [0.05, 0.1) is 0 Å². The molecule has 0 fully saturated rings. The van der Waals surface area contributed by atoms with Gasteiger partial charge < -0.3 is 0 Å². The minimum Gasteiger partial charge on any atom is -0.294 e. The quantitative estimate of drug-likeness (QED) is 0.626. The van der Waals surface area contributed by atoms with Crippen LogP contribution in [0.5, 0.6) is 0 Å². The number of carbonyl (C=O) groups excluding carboxylic acids is 2. The van der Waals surface area contributed by atoms with E-state index in [-0.39, 0.29) is 17.5 Å². The largest absolute Gasteiger partial charge is 0.294 e. The highest BCUT2D eigenvalue weighted by molar-refractivity contribution is 6.14. The maximum Gasteiger partial charge on any atom is 0.166 e. The monoisotopic (exact) mass is 188 g/mol. The number of fused-ring (bicyclic) bond motifs is 1. The highest BCUT2D eigenvalue weighted by Crippen LogP contribution is 2.25. The van der Waals surface area contributed by atoms with Crippen molar-refractivity contribution in [1.82, 2.24) is 0 Å². The Hall–Kier alpha value is -1.44. The van der Waals surface area contributed by atoms with E-state index in [1.165, 1.54) is 0 Å². The van der Waals surface area contributed by atoms with E-state index in [1.54, 1.807) is 6.07 Å². The number of hydrogen-bond acceptors (Lipinski definition) is 2. The van der Waals surface area contributed by atoms with E-state index in [1.807, 2.05) is 26.0 Å².